The molecular weight excluding hydrogens is 595 g/mol. The van der Waals surface area contributed by atoms with Crippen LogP contribution in [0.1, 0.15) is 54.4 Å². The molecule has 1 fully saturated rings. The molecule has 3 N–H and O–H groups in total. The van der Waals surface area contributed by atoms with Crippen LogP contribution in [-0.4, -0.2) is 133 Å². The third-order valence-electron chi connectivity index (χ3n) is 6.32. The molecule has 44 heavy (non-hydrogen) atoms. The van der Waals surface area contributed by atoms with Crippen LogP contribution in [-0.2, 0) is 24.0 Å². The molecular formula is C26H46F3N7O8. The van der Waals surface area contributed by atoms with E-state index in [9.17, 15) is 41.9 Å². The van der Waals surface area contributed by atoms with Crippen LogP contribution < -0.4 is 16.0 Å². The van der Waals surface area contributed by atoms with Gasteiger partial charge in [-0.15, -0.1) is 5.06 Å². The number of amides is 7. The number of hydrogen-bond acceptors (Lipinski definition) is 9. The van der Waals surface area contributed by atoms with E-state index in [0.717, 1.165) is 7.05 Å². The number of carbonyl (C=O) groups is 6. The zero-order valence-corrected chi connectivity index (χ0v) is 27.0. The van der Waals surface area contributed by atoms with Crippen LogP contribution in [0.3, 0.4) is 0 Å². The molecule has 0 aromatic carbocycles. The summed E-state index contributed by atoms with van der Waals surface area (Å²) in [6.45, 7) is 10.8. The number of likely N-dealkylation sites (N-methyl/N-ethyl adjacent to an activating group) is 4. The summed E-state index contributed by atoms with van der Waals surface area (Å²) in [7, 11) is 5.94. The highest BCUT2D eigenvalue weighted by molar-refractivity contribution is 6.01. The number of rotatable bonds is 10. The highest BCUT2D eigenvalue weighted by Gasteiger charge is 2.42. The van der Waals surface area contributed by atoms with Crippen molar-refractivity contribution >= 4 is 35.9 Å². The Balaban J connectivity index is 0.000000845. The average Bonchev–Trinajstić information content (AvgIpc) is 3.23. The maximum absolute atomic E-state index is 12.3. The normalized spacial score (nSPS) is 15.2. The van der Waals surface area contributed by atoms with E-state index in [1.165, 1.54) is 16.7 Å². The van der Waals surface area contributed by atoms with Crippen LogP contribution in [0.5, 0.6) is 0 Å². The molecule has 0 bridgehead atoms. The Morgan fingerprint density at radius 2 is 1.27 bits per heavy atom. The first-order valence-corrected chi connectivity index (χ1v) is 13.8. The number of imide groups is 1. The van der Waals surface area contributed by atoms with E-state index in [2.05, 4.69) is 20.8 Å². The van der Waals surface area contributed by atoms with Crippen molar-refractivity contribution in [1.29, 1.82) is 0 Å². The topological polar surface area (TPSA) is 170 Å². The molecule has 3 unspecified atom stereocenters. The predicted octanol–water partition coefficient (Wildman–Crippen LogP) is 1.68. The third kappa shape index (κ3) is 14.1. The van der Waals surface area contributed by atoms with Gasteiger partial charge >= 0.3 is 30.3 Å². The molecule has 3 atom stereocenters. The van der Waals surface area contributed by atoms with Crippen LogP contribution in [0.25, 0.3) is 0 Å². The van der Waals surface area contributed by atoms with Gasteiger partial charge in [0.25, 0.3) is 11.8 Å². The second-order valence-corrected chi connectivity index (χ2v) is 11.2. The molecule has 18 heteroatoms. The van der Waals surface area contributed by atoms with Gasteiger partial charge in [-0.3, -0.25) is 14.4 Å². The van der Waals surface area contributed by atoms with Crippen molar-refractivity contribution < 1.29 is 51.5 Å². The highest BCUT2D eigenvalue weighted by atomic mass is 19.4. The minimum atomic E-state index is -4.91. The lowest BCUT2D eigenvalue weighted by molar-refractivity contribution is -0.185. The summed E-state index contributed by atoms with van der Waals surface area (Å²) in [5, 5.41) is 8.27. The van der Waals surface area contributed by atoms with Gasteiger partial charge in [0, 0.05) is 71.7 Å². The Labute approximate surface area is 255 Å². The number of hydroxylamine groups is 2. The van der Waals surface area contributed by atoms with Crippen LogP contribution in [0.2, 0.25) is 0 Å². The van der Waals surface area contributed by atoms with Gasteiger partial charge in [-0.25, -0.2) is 14.4 Å². The van der Waals surface area contributed by atoms with Gasteiger partial charge in [0.05, 0.1) is 0 Å². The van der Waals surface area contributed by atoms with E-state index in [1.807, 2.05) is 6.92 Å². The predicted molar refractivity (Wildman–Crippen MR) is 152 cm³/mol. The van der Waals surface area contributed by atoms with Crippen LogP contribution in [0.15, 0.2) is 0 Å². The van der Waals surface area contributed by atoms with E-state index >= 15 is 0 Å². The number of halogens is 3. The van der Waals surface area contributed by atoms with Crippen molar-refractivity contribution in [2.45, 2.75) is 84.3 Å². The van der Waals surface area contributed by atoms with Crippen molar-refractivity contribution in [3.05, 3.63) is 0 Å². The van der Waals surface area contributed by atoms with Gasteiger partial charge in [-0.1, -0.05) is 0 Å². The van der Waals surface area contributed by atoms with Gasteiger partial charge in [0.2, 0.25) is 0 Å². The first-order chi connectivity index (χ1) is 20.0. The van der Waals surface area contributed by atoms with Crippen LogP contribution >= 0.6 is 0 Å². The number of alkyl halides is 3. The quantitative estimate of drug-likeness (QED) is 0.301. The third-order valence-corrected chi connectivity index (χ3v) is 6.32. The van der Waals surface area contributed by atoms with E-state index in [4.69, 9.17) is 4.74 Å². The number of ether oxygens (including phenoxy) is 1. The lowest BCUT2D eigenvalue weighted by atomic mass is 10.2. The smallest absolute Gasteiger partial charge is 0.444 e. The summed E-state index contributed by atoms with van der Waals surface area (Å²) in [6, 6.07) is -1.62. The van der Waals surface area contributed by atoms with Gasteiger partial charge in [0.1, 0.15) is 5.60 Å². The van der Waals surface area contributed by atoms with E-state index in [1.54, 1.807) is 48.8 Å². The summed E-state index contributed by atoms with van der Waals surface area (Å²) in [4.78, 5) is 77.0. The molecule has 7 amide bonds. The SMILES string of the molecule is CC(CNC(=O)ON1C(=O)CCC1=O)N(C)C(=O)OC(C)(C)C.CNCC(C)N(C)C(=O)NCC(C)N(C)C(=O)C(F)(F)F. The molecule has 0 aromatic rings. The van der Waals surface area contributed by atoms with E-state index < -0.39 is 53.8 Å². The Morgan fingerprint density at radius 3 is 1.73 bits per heavy atom. The largest absolute Gasteiger partial charge is 0.471 e. The lowest BCUT2D eigenvalue weighted by Gasteiger charge is -2.28. The van der Waals surface area contributed by atoms with Gasteiger partial charge in [-0.2, -0.15) is 13.2 Å². The molecule has 1 heterocycles. The molecule has 1 saturated heterocycles. The molecule has 1 aliphatic rings. The van der Waals surface area contributed by atoms with Crippen molar-refractivity contribution in [1.82, 2.24) is 35.7 Å². The van der Waals surface area contributed by atoms with E-state index in [0.29, 0.717) is 16.5 Å². The molecule has 1 rings (SSSR count). The summed E-state index contributed by atoms with van der Waals surface area (Å²) in [6.07, 6.45) is -6.30. The fraction of sp³-hybridized carbons (Fsp3) is 0.769. The second-order valence-electron chi connectivity index (χ2n) is 11.2. The standard InChI is InChI=1S/C14H23N3O6.C12H23F3N4O2/c1-9(16(5)13(21)22-14(2,3)4)8-15-12(20)23-17-10(18)6-7-11(17)19;1-8(6-16-3)19(5)11(21)17-7-9(2)18(4)10(20)12(13,14)15/h9H,6-8H2,1-5H3,(H,15,20);8-9,16H,6-7H2,1-5H3,(H,17,21). The average molecular weight is 642 g/mol. The van der Waals surface area contributed by atoms with Crippen molar-refractivity contribution in [3.63, 3.8) is 0 Å². The molecule has 1 aliphatic heterocycles. The molecule has 0 spiro atoms. The second kappa shape index (κ2) is 17.5. The van der Waals surface area contributed by atoms with E-state index in [-0.39, 0.29) is 38.0 Å². The van der Waals surface area contributed by atoms with Crippen molar-refractivity contribution in [2.75, 3.05) is 47.8 Å². The fourth-order valence-corrected chi connectivity index (χ4v) is 3.18. The van der Waals surface area contributed by atoms with Gasteiger partial charge in [0.15, 0.2) is 0 Å². The van der Waals surface area contributed by atoms with Crippen LogP contribution in [0.4, 0.5) is 27.6 Å². The molecule has 0 radical (unpaired) electrons. The van der Waals surface area contributed by atoms with Gasteiger partial charge < -0.3 is 40.2 Å². The maximum atomic E-state index is 12.3. The zero-order chi connectivity index (χ0) is 34.6. The Kier molecular flexibility index (Phi) is 15.9. The Morgan fingerprint density at radius 1 is 0.818 bits per heavy atom. The molecule has 254 valence electrons. The fourth-order valence-electron chi connectivity index (χ4n) is 3.18. The highest BCUT2D eigenvalue weighted by Crippen LogP contribution is 2.18. The van der Waals surface area contributed by atoms with Gasteiger partial charge in [-0.05, 0) is 48.6 Å². The first kappa shape index (κ1) is 40.2. The van der Waals surface area contributed by atoms with Crippen molar-refractivity contribution in [3.8, 4) is 0 Å². The molecule has 0 aromatic heterocycles. The minimum Gasteiger partial charge on any atom is -0.444 e. The van der Waals surface area contributed by atoms with Crippen LogP contribution in [0, 0.1) is 0 Å². The Bertz CT molecular complexity index is 1010. The molecule has 0 aliphatic carbocycles. The summed E-state index contributed by atoms with van der Waals surface area (Å²) in [5.41, 5.74) is -0.617. The summed E-state index contributed by atoms with van der Waals surface area (Å²) < 4.78 is 42.1. The number of nitrogens with one attached hydrogen (secondary N) is 3. The first-order valence-electron chi connectivity index (χ1n) is 13.8. The number of carbonyl (C=O) groups excluding carboxylic acids is 6. The minimum absolute atomic E-state index is 0.0316. The number of nitrogens with zero attached hydrogens (tertiary/aromatic N) is 4. The van der Waals surface area contributed by atoms with Crippen molar-refractivity contribution in [2.24, 2.45) is 0 Å². The monoisotopic (exact) mass is 641 g/mol. The lowest BCUT2D eigenvalue weighted by Crippen LogP contribution is -2.51. The number of urea groups is 1. The maximum Gasteiger partial charge on any atom is 0.471 e. The summed E-state index contributed by atoms with van der Waals surface area (Å²) >= 11 is 0. The molecule has 0 saturated carbocycles. The Hall–Kier alpha value is -3.83. The summed E-state index contributed by atoms with van der Waals surface area (Å²) in [5.74, 6) is -3.03. The molecule has 15 nitrogen and oxygen atoms in total. The number of hydrogen-bond donors (Lipinski definition) is 3. The zero-order valence-electron chi connectivity index (χ0n) is 27.0.